The van der Waals surface area contributed by atoms with E-state index in [-0.39, 0.29) is 6.42 Å². The Bertz CT molecular complexity index is 546. The van der Waals surface area contributed by atoms with Gasteiger partial charge in [0.25, 0.3) is 0 Å². The molecule has 8 nitrogen and oxygen atoms in total. The minimum atomic E-state index is -3.98. The molecule has 18 heavy (non-hydrogen) atoms. The van der Waals surface area contributed by atoms with Crippen LogP contribution in [0.4, 0.5) is 0 Å². The monoisotopic (exact) mass is 272 g/mol. The molecule has 0 saturated carbocycles. The summed E-state index contributed by atoms with van der Waals surface area (Å²) in [5.74, 6) is -1.32. The number of nitrogens with one attached hydrogen (secondary N) is 2. The number of H-pyrrole nitrogens is 1. The highest BCUT2D eigenvalue weighted by Gasteiger charge is 2.28. The van der Waals surface area contributed by atoms with Crippen LogP contribution >= 0.6 is 0 Å². The van der Waals surface area contributed by atoms with Crippen LogP contribution in [0.15, 0.2) is 12.5 Å². The molecule has 0 amide bonds. The molecule has 0 saturated heterocycles. The van der Waals surface area contributed by atoms with Gasteiger partial charge in [-0.05, 0) is 6.92 Å². The van der Waals surface area contributed by atoms with Gasteiger partial charge in [-0.25, -0.2) is 13.4 Å². The summed E-state index contributed by atoms with van der Waals surface area (Å²) in [6, 6.07) is 0.203. The lowest BCUT2D eigenvalue weighted by Crippen LogP contribution is -2.45. The predicted octanol–water partition coefficient (Wildman–Crippen LogP) is -0.763. The molecule has 0 radical (unpaired) electrons. The van der Waals surface area contributed by atoms with Crippen molar-refractivity contribution in [1.82, 2.24) is 14.7 Å². The van der Waals surface area contributed by atoms with Crippen LogP contribution in [-0.4, -0.2) is 40.8 Å². The fraction of sp³-hybridized carbons (Fsp3) is 0.444. The summed E-state index contributed by atoms with van der Waals surface area (Å²) in [5, 5.41) is 16.2. The van der Waals surface area contributed by atoms with Gasteiger partial charge in [0.05, 0.1) is 12.4 Å². The number of carboxylic acids is 1. The van der Waals surface area contributed by atoms with Crippen molar-refractivity contribution in [3.05, 3.63) is 18.2 Å². The topological polar surface area (TPSA) is 136 Å². The summed E-state index contributed by atoms with van der Waals surface area (Å²) in [5.41, 5.74) is 0.481. The summed E-state index contributed by atoms with van der Waals surface area (Å²) in [6.45, 7) is 1.18. The number of aromatic amines is 1. The standard InChI is InChI=1S/C9H12N4O4S/c1-6(3-10)18(16,17)13-8(9(14)15)2-7-4-11-5-12-7/h4-6,8,13H,2H2,1H3,(H,11,12)(H,14,15). The van der Waals surface area contributed by atoms with Crippen LogP contribution in [0.25, 0.3) is 0 Å². The van der Waals surface area contributed by atoms with E-state index in [1.165, 1.54) is 19.4 Å². The highest BCUT2D eigenvalue weighted by atomic mass is 32.2. The SMILES string of the molecule is CC(C#N)S(=O)(=O)NC(Cc1cnc[nH]1)C(=O)O. The maximum absolute atomic E-state index is 11.6. The third kappa shape index (κ3) is 3.54. The van der Waals surface area contributed by atoms with Gasteiger partial charge in [0.15, 0.2) is 5.25 Å². The van der Waals surface area contributed by atoms with E-state index in [0.29, 0.717) is 5.69 Å². The van der Waals surface area contributed by atoms with Crippen LogP contribution in [-0.2, 0) is 21.2 Å². The van der Waals surface area contributed by atoms with Crippen molar-refractivity contribution in [2.75, 3.05) is 0 Å². The second kappa shape index (κ2) is 5.61. The van der Waals surface area contributed by atoms with Gasteiger partial charge in [0, 0.05) is 18.3 Å². The van der Waals surface area contributed by atoms with Gasteiger partial charge < -0.3 is 10.1 Å². The van der Waals surface area contributed by atoms with Crippen molar-refractivity contribution in [2.24, 2.45) is 0 Å². The van der Waals surface area contributed by atoms with Gasteiger partial charge in [0.1, 0.15) is 6.04 Å². The van der Waals surface area contributed by atoms with E-state index in [2.05, 4.69) is 9.97 Å². The quantitative estimate of drug-likeness (QED) is 0.622. The summed E-state index contributed by atoms with van der Waals surface area (Å²) in [6.07, 6.45) is 2.69. The van der Waals surface area contributed by atoms with Crippen LogP contribution in [0.2, 0.25) is 0 Å². The zero-order valence-electron chi connectivity index (χ0n) is 9.49. The van der Waals surface area contributed by atoms with E-state index in [1.807, 2.05) is 4.72 Å². The lowest BCUT2D eigenvalue weighted by molar-refractivity contribution is -0.138. The molecule has 0 bridgehead atoms. The van der Waals surface area contributed by atoms with Crippen LogP contribution in [0.5, 0.6) is 0 Å². The average molecular weight is 272 g/mol. The van der Waals surface area contributed by atoms with E-state index < -0.39 is 27.3 Å². The Morgan fingerprint density at radius 2 is 2.39 bits per heavy atom. The van der Waals surface area contributed by atoms with Crippen molar-refractivity contribution in [3.63, 3.8) is 0 Å². The molecular weight excluding hydrogens is 260 g/mol. The lowest BCUT2D eigenvalue weighted by Gasteiger charge is -2.14. The largest absolute Gasteiger partial charge is 0.480 e. The highest BCUT2D eigenvalue weighted by molar-refractivity contribution is 7.90. The summed E-state index contributed by atoms with van der Waals surface area (Å²) < 4.78 is 25.1. The maximum atomic E-state index is 11.6. The van der Waals surface area contributed by atoms with Gasteiger partial charge in [0.2, 0.25) is 10.0 Å². The molecule has 1 aromatic heterocycles. The number of nitriles is 1. The van der Waals surface area contributed by atoms with E-state index in [4.69, 9.17) is 10.4 Å². The van der Waals surface area contributed by atoms with Gasteiger partial charge in [-0.15, -0.1) is 0 Å². The van der Waals surface area contributed by atoms with Gasteiger partial charge in [-0.1, -0.05) is 0 Å². The molecule has 98 valence electrons. The normalized spacial score (nSPS) is 14.7. The van der Waals surface area contributed by atoms with Crippen molar-refractivity contribution < 1.29 is 18.3 Å². The highest BCUT2D eigenvalue weighted by Crippen LogP contribution is 2.04. The molecule has 0 aliphatic rings. The molecule has 0 aliphatic carbocycles. The molecule has 0 fully saturated rings. The number of rotatable bonds is 6. The number of sulfonamides is 1. The molecule has 2 atom stereocenters. The summed E-state index contributed by atoms with van der Waals surface area (Å²) >= 11 is 0. The molecule has 9 heteroatoms. The number of carbonyl (C=O) groups is 1. The smallest absolute Gasteiger partial charge is 0.322 e. The number of aliphatic carboxylic acids is 1. The Morgan fingerprint density at radius 1 is 1.72 bits per heavy atom. The first-order valence-corrected chi connectivity index (χ1v) is 6.52. The number of aromatic nitrogens is 2. The first-order valence-electron chi connectivity index (χ1n) is 4.97. The molecule has 2 unspecified atom stereocenters. The van der Waals surface area contributed by atoms with Crippen LogP contribution < -0.4 is 4.72 Å². The zero-order valence-corrected chi connectivity index (χ0v) is 10.3. The lowest BCUT2D eigenvalue weighted by atomic mass is 10.2. The van der Waals surface area contributed by atoms with E-state index in [9.17, 15) is 13.2 Å². The second-order valence-corrected chi connectivity index (χ2v) is 5.64. The molecule has 1 aromatic rings. The van der Waals surface area contributed by atoms with Crippen molar-refractivity contribution in [3.8, 4) is 6.07 Å². The third-order valence-corrected chi connectivity index (χ3v) is 3.88. The Hall–Kier alpha value is -1.92. The van der Waals surface area contributed by atoms with E-state index >= 15 is 0 Å². The Balaban J connectivity index is 2.83. The zero-order chi connectivity index (χ0) is 13.8. The van der Waals surface area contributed by atoms with Gasteiger partial charge >= 0.3 is 5.97 Å². The molecule has 1 heterocycles. The molecule has 0 aromatic carbocycles. The predicted molar refractivity (Wildman–Crippen MR) is 60.8 cm³/mol. The van der Waals surface area contributed by atoms with E-state index in [0.717, 1.165) is 0 Å². The molecule has 0 spiro atoms. The fourth-order valence-electron chi connectivity index (χ4n) is 1.17. The molecule has 3 N–H and O–H groups in total. The molecule has 0 aliphatic heterocycles. The number of imidazole rings is 1. The molecular formula is C9H12N4O4S. The number of hydrogen-bond acceptors (Lipinski definition) is 5. The van der Waals surface area contributed by atoms with Crippen LogP contribution in [0.3, 0.4) is 0 Å². The minimum absolute atomic E-state index is 0.0767. The Kier molecular flexibility index (Phi) is 4.41. The maximum Gasteiger partial charge on any atom is 0.322 e. The fourth-order valence-corrected chi connectivity index (χ4v) is 2.09. The molecule has 1 rings (SSSR count). The first-order chi connectivity index (χ1) is 8.36. The first kappa shape index (κ1) is 14.1. The third-order valence-electron chi connectivity index (χ3n) is 2.23. The summed E-state index contributed by atoms with van der Waals surface area (Å²) in [7, 11) is -3.98. The Morgan fingerprint density at radius 3 is 2.83 bits per heavy atom. The number of nitrogens with zero attached hydrogens (tertiary/aromatic N) is 2. The van der Waals surface area contributed by atoms with Crippen LogP contribution in [0, 0.1) is 11.3 Å². The average Bonchev–Trinajstić information content (AvgIpc) is 2.79. The Labute approximate surface area is 104 Å². The summed E-state index contributed by atoms with van der Waals surface area (Å²) in [4.78, 5) is 17.4. The van der Waals surface area contributed by atoms with E-state index in [1.54, 1.807) is 6.07 Å². The number of hydrogen-bond donors (Lipinski definition) is 3. The minimum Gasteiger partial charge on any atom is -0.480 e. The van der Waals surface area contributed by atoms with Crippen molar-refractivity contribution in [1.29, 1.82) is 5.26 Å². The van der Waals surface area contributed by atoms with Crippen LogP contribution in [0.1, 0.15) is 12.6 Å². The number of carboxylic acid groups (broad SMARTS) is 1. The van der Waals surface area contributed by atoms with Crippen molar-refractivity contribution >= 4 is 16.0 Å². The van der Waals surface area contributed by atoms with Gasteiger partial charge in [-0.3, -0.25) is 4.79 Å². The second-order valence-electron chi connectivity index (χ2n) is 3.61. The van der Waals surface area contributed by atoms with Gasteiger partial charge in [-0.2, -0.15) is 9.98 Å². The van der Waals surface area contributed by atoms with Crippen molar-refractivity contribution in [2.45, 2.75) is 24.6 Å².